The second-order valence-corrected chi connectivity index (χ2v) is 15.2. The number of benzene rings is 3. The molecule has 3 aromatic rings. The number of hydrogen-bond donors (Lipinski definition) is 1. The van der Waals surface area contributed by atoms with E-state index < -0.39 is 8.32 Å². The van der Waals surface area contributed by atoms with Crippen molar-refractivity contribution >= 4 is 19.7 Å². The Morgan fingerprint density at radius 1 is 0.727 bits per heavy atom. The summed E-state index contributed by atoms with van der Waals surface area (Å²) in [4.78, 5) is 0. The Kier molecular flexibility index (Phi) is 8.25. The SMILES string of the molecule is Cc1ccc(Nc2cccc(O[Si](C(C)C)(C(C)C)C(C)C)c2)cc1OCc1ccccc1. The zero-order valence-corrected chi connectivity index (χ0v) is 22.2. The van der Waals surface area contributed by atoms with Crippen molar-refractivity contribution in [2.75, 3.05) is 5.32 Å². The molecule has 1 N–H and O–H groups in total. The molecule has 3 nitrogen and oxygen atoms in total. The van der Waals surface area contributed by atoms with Gasteiger partial charge in [-0.15, -0.1) is 0 Å². The lowest BCUT2D eigenvalue weighted by molar-refractivity contribution is 0.304. The number of rotatable bonds is 10. The number of anilines is 2. The van der Waals surface area contributed by atoms with Gasteiger partial charge >= 0.3 is 0 Å². The highest BCUT2D eigenvalue weighted by atomic mass is 28.4. The van der Waals surface area contributed by atoms with E-state index in [9.17, 15) is 0 Å². The molecule has 0 fully saturated rings. The van der Waals surface area contributed by atoms with Gasteiger partial charge in [-0.05, 0) is 52.9 Å². The van der Waals surface area contributed by atoms with Crippen LogP contribution in [0, 0.1) is 6.92 Å². The van der Waals surface area contributed by atoms with Gasteiger partial charge in [0, 0.05) is 23.5 Å². The summed E-state index contributed by atoms with van der Waals surface area (Å²) in [6.45, 7) is 16.5. The zero-order valence-electron chi connectivity index (χ0n) is 21.2. The van der Waals surface area contributed by atoms with E-state index in [0.717, 1.165) is 34.0 Å². The molecular formula is C29H39NO2Si. The van der Waals surface area contributed by atoms with Crippen molar-refractivity contribution < 1.29 is 9.16 Å². The molecule has 0 spiro atoms. The summed E-state index contributed by atoms with van der Waals surface area (Å²) in [5.41, 5.74) is 5.91. The van der Waals surface area contributed by atoms with Crippen molar-refractivity contribution in [1.82, 2.24) is 0 Å². The van der Waals surface area contributed by atoms with Crippen LogP contribution < -0.4 is 14.5 Å². The van der Waals surface area contributed by atoms with Gasteiger partial charge < -0.3 is 14.5 Å². The smallest absolute Gasteiger partial charge is 0.258 e. The van der Waals surface area contributed by atoms with Gasteiger partial charge in [-0.1, -0.05) is 84.0 Å². The first-order chi connectivity index (χ1) is 15.7. The van der Waals surface area contributed by atoms with Crippen molar-refractivity contribution in [2.24, 2.45) is 0 Å². The van der Waals surface area contributed by atoms with Crippen molar-refractivity contribution in [3.05, 3.63) is 83.9 Å². The predicted octanol–water partition coefficient (Wildman–Crippen LogP) is 8.87. The first-order valence-electron chi connectivity index (χ1n) is 12.1. The van der Waals surface area contributed by atoms with E-state index in [4.69, 9.17) is 9.16 Å². The average Bonchev–Trinajstić information content (AvgIpc) is 2.78. The van der Waals surface area contributed by atoms with Crippen LogP contribution >= 0.6 is 0 Å². The minimum absolute atomic E-state index is 0.538. The lowest BCUT2D eigenvalue weighted by atomic mass is 10.2. The van der Waals surface area contributed by atoms with Gasteiger partial charge in [0.15, 0.2) is 0 Å². The van der Waals surface area contributed by atoms with E-state index in [1.165, 1.54) is 0 Å². The molecule has 0 unspecified atom stereocenters. The lowest BCUT2D eigenvalue weighted by Crippen LogP contribution is -2.50. The minimum atomic E-state index is -1.99. The summed E-state index contributed by atoms with van der Waals surface area (Å²) in [7, 11) is -1.99. The Morgan fingerprint density at radius 2 is 1.36 bits per heavy atom. The Labute approximate surface area is 201 Å². The monoisotopic (exact) mass is 461 g/mol. The van der Waals surface area contributed by atoms with E-state index in [-0.39, 0.29) is 0 Å². The quantitative estimate of drug-likeness (QED) is 0.306. The normalized spacial score (nSPS) is 11.8. The van der Waals surface area contributed by atoms with Crippen molar-refractivity contribution in [2.45, 2.75) is 71.7 Å². The minimum Gasteiger partial charge on any atom is -0.543 e. The van der Waals surface area contributed by atoms with Crippen molar-refractivity contribution in [3.63, 3.8) is 0 Å². The summed E-state index contributed by atoms with van der Waals surface area (Å²) in [6, 6.07) is 24.9. The molecule has 0 bridgehead atoms. The largest absolute Gasteiger partial charge is 0.543 e. The molecule has 0 amide bonds. The second kappa shape index (κ2) is 10.9. The molecule has 3 rings (SSSR count). The topological polar surface area (TPSA) is 30.5 Å². The number of hydrogen-bond acceptors (Lipinski definition) is 3. The second-order valence-electron chi connectivity index (χ2n) is 9.83. The van der Waals surface area contributed by atoms with Crippen LogP contribution in [0.1, 0.15) is 52.7 Å². The van der Waals surface area contributed by atoms with Crippen LogP contribution in [-0.2, 0) is 6.61 Å². The highest BCUT2D eigenvalue weighted by Crippen LogP contribution is 2.43. The highest BCUT2D eigenvalue weighted by Gasteiger charge is 2.46. The molecule has 0 aliphatic carbocycles. The molecule has 0 saturated heterocycles. The van der Waals surface area contributed by atoms with Gasteiger partial charge in [0.05, 0.1) is 0 Å². The third-order valence-corrected chi connectivity index (χ3v) is 12.6. The number of aryl methyl sites for hydroxylation is 1. The molecule has 0 atom stereocenters. The van der Waals surface area contributed by atoms with E-state index in [2.05, 4.69) is 108 Å². The maximum absolute atomic E-state index is 6.87. The average molecular weight is 462 g/mol. The van der Waals surface area contributed by atoms with Crippen LogP contribution in [0.5, 0.6) is 11.5 Å². The lowest BCUT2D eigenvalue weighted by Gasteiger charge is -2.42. The Morgan fingerprint density at radius 3 is 2.00 bits per heavy atom. The first-order valence-corrected chi connectivity index (χ1v) is 14.2. The molecule has 0 aliphatic heterocycles. The van der Waals surface area contributed by atoms with E-state index in [0.29, 0.717) is 23.2 Å². The molecule has 3 aromatic carbocycles. The van der Waals surface area contributed by atoms with Gasteiger partial charge in [0.1, 0.15) is 18.1 Å². The molecule has 176 valence electrons. The Bertz CT molecular complexity index is 1010. The third-order valence-electron chi connectivity index (χ3n) is 6.55. The summed E-state index contributed by atoms with van der Waals surface area (Å²) < 4.78 is 13.0. The van der Waals surface area contributed by atoms with Crippen LogP contribution in [0.25, 0.3) is 0 Å². The van der Waals surface area contributed by atoms with Gasteiger partial charge in [-0.3, -0.25) is 0 Å². The molecule has 0 aliphatic rings. The molecule has 0 heterocycles. The standard InChI is InChI=1S/C29H39NO2Si/c1-21(2)33(22(3)4,23(5)6)32-28-15-11-14-26(18-28)30-27-17-16-24(7)29(19-27)31-20-25-12-9-8-10-13-25/h8-19,21-23,30H,20H2,1-7H3. The van der Waals surface area contributed by atoms with Crippen LogP contribution in [0.4, 0.5) is 11.4 Å². The first kappa shape index (κ1) is 24.9. The zero-order chi connectivity index (χ0) is 24.0. The number of nitrogens with one attached hydrogen (secondary N) is 1. The maximum atomic E-state index is 6.87. The summed E-state index contributed by atoms with van der Waals surface area (Å²) >= 11 is 0. The Hall–Kier alpha value is -2.72. The molecule has 4 heteroatoms. The van der Waals surface area contributed by atoms with Gasteiger partial charge in [0.2, 0.25) is 0 Å². The fourth-order valence-corrected chi connectivity index (χ4v) is 10.2. The molecule has 0 saturated carbocycles. The highest BCUT2D eigenvalue weighted by molar-refractivity contribution is 6.78. The molecular weight excluding hydrogens is 422 g/mol. The van der Waals surface area contributed by atoms with Crippen LogP contribution in [0.2, 0.25) is 16.6 Å². The van der Waals surface area contributed by atoms with Gasteiger partial charge in [-0.25, -0.2) is 0 Å². The molecule has 33 heavy (non-hydrogen) atoms. The summed E-state index contributed by atoms with van der Waals surface area (Å²) in [5.74, 6) is 1.84. The maximum Gasteiger partial charge on any atom is 0.258 e. The van der Waals surface area contributed by atoms with Gasteiger partial charge in [-0.2, -0.15) is 0 Å². The van der Waals surface area contributed by atoms with Crippen LogP contribution in [0.15, 0.2) is 72.8 Å². The Balaban J connectivity index is 1.77. The number of ether oxygens (including phenoxy) is 1. The van der Waals surface area contributed by atoms with E-state index >= 15 is 0 Å². The van der Waals surface area contributed by atoms with Crippen LogP contribution in [-0.4, -0.2) is 8.32 Å². The fraction of sp³-hybridized carbons (Fsp3) is 0.379. The van der Waals surface area contributed by atoms with Crippen molar-refractivity contribution in [3.8, 4) is 11.5 Å². The molecule has 0 aromatic heterocycles. The van der Waals surface area contributed by atoms with Crippen molar-refractivity contribution in [1.29, 1.82) is 0 Å². The molecule has 0 radical (unpaired) electrons. The van der Waals surface area contributed by atoms with E-state index in [1.807, 2.05) is 18.2 Å². The fourth-order valence-electron chi connectivity index (χ4n) is 4.93. The van der Waals surface area contributed by atoms with Crippen LogP contribution in [0.3, 0.4) is 0 Å². The van der Waals surface area contributed by atoms with E-state index in [1.54, 1.807) is 0 Å². The van der Waals surface area contributed by atoms with Gasteiger partial charge in [0.25, 0.3) is 8.32 Å². The predicted molar refractivity (Wildman–Crippen MR) is 143 cm³/mol. The third kappa shape index (κ3) is 6.00. The summed E-state index contributed by atoms with van der Waals surface area (Å²) in [5, 5.41) is 3.54. The summed E-state index contributed by atoms with van der Waals surface area (Å²) in [6.07, 6.45) is 0.